The molecule has 0 aliphatic carbocycles. The summed E-state index contributed by atoms with van der Waals surface area (Å²) in [5, 5.41) is 5.59. The molecule has 2 heterocycles. The maximum absolute atomic E-state index is 13.7. The highest BCUT2D eigenvalue weighted by Crippen LogP contribution is 2.27. The van der Waals surface area contributed by atoms with Crippen LogP contribution in [0.5, 0.6) is 0 Å². The topological polar surface area (TPSA) is 34.1 Å². The van der Waals surface area contributed by atoms with Gasteiger partial charge in [-0.1, -0.05) is 0 Å². The number of rotatable bonds is 4. The third-order valence-corrected chi connectivity index (χ3v) is 4.01. The molecular weight excluding hydrogens is 282 g/mol. The van der Waals surface area contributed by atoms with Crippen molar-refractivity contribution < 1.29 is 13.5 Å². The molecular formula is C14H14F2N2OS. The number of nitrogens with one attached hydrogen (secondary N) is 1. The molecule has 1 fully saturated rings. The second-order valence-electron chi connectivity index (χ2n) is 4.68. The molecule has 0 radical (unpaired) electrons. The average molecular weight is 296 g/mol. The number of anilines is 1. The lowest BCUT2D eigenvalue weighted by Gasteiger charge is -2.09. The number of thiazole rings is 1. The molecule has 106 valence electrons. The highest BCUT2D eigenvalue weighted by molar-refractivity contribution is 7.14. The molecule has 3 rings (SSSR count). The Morgan fingerprint density at radius 1 is 1.40 bits per heavy atom. The van der Waals surface area contributed by atoms with Gasteiger partial charge in [-0.05, 0) is 31.0 Å². The van der Waals surface area contributed by atoms with Crippen LogP contribution in [0.2, 0.25) is 0 Å². The van der Waals surface area contributed by atoms with E-state index >= 15 is 0 Å². The first-order chi connectivity index (χ1) is 9.72. The Balaban J connectivity index is 1.71. The lowest BCUT2D eigenvalue weighted by Crippen LogP contribution is -2.18. The van der Waals surface area contributed by atoms with Gasteiger partial charge < -0.3 is 10.1 Å². The van der Waals surface area contributed by atoms with Crippen molar-refractivity contribution in [1.29, 1.82) is 0 Å². The minimum Gasteiger partial charge on any atom is -0.376 e. The Bertz CT molecular complexity index is 597. The van der Waals surface area contributed by atoms with Crippen molar-refractivity contribution in [2.45, 2.75) is 18.9 Å². The number of aromatic nitrogens is 1. The third-order valence-electron chi connectivity index (χ3n) is 3.21. The van der Waals surface area contributed by atoms with E-state index in [4.69, 9.17) is 4.74 Å². The van der Waals surface area contributed by atoms with Gasteiger partial charge in [-0.3, -0.25) is 0 Å². The normalized spacial score (nSPS) is 18.4. The van der Waals surface area contributed by atoms with E-state index in [9.17, 15) is 8.78 Å². The van der Waals surface area contributed by atoms with Gasteiger partial charge in [0, 0.05) is 24.1 Å². The van der Waals surface area contributed by atoms with Gasteiger partial charge in [0.25, 0.3) is 0 Å². The molecule has 1 aromatic heterocycles. The first-order valence-corrected chi connectivity index (χ1v) is 7.37. The van der Waals surface area contributed by atoms with Crippen LogP contribution in [0, 0.1) is 11.6 Å². The zero-order valence-electron chi connectivity index (χ0n) is 10.7. The van der Waals surface area contributed by atoms with Gasteiger partial charge in [0.2, 0.25) is 0 Å². The first kappa shape index (κ1) is 13.5. The SMILES string of the molecule is Fc1ccc(F)c(-c2csc(NC[C@H]3CCCO3)n2)c1. The van der Waals surface area contributed by atoms with Crippen molar-refractivity contribution in [1.82, 2.24) is 4.98 Å². The second-order valence-corrected chi connectivity index (χ2v) is 5.54. The van der Waals surface area contributed by atoms with Crippen LogP contribution in [0.15, 0.2) is 23.6 Å². The molecule has 1 saturated heterocycles. The minimum absolute atomic E-state index is 0.186. The van der Waals surface area contributed by atoms with Crippen LogP contribution in [0.25, 0.3) is 11.3 Å². The molecule has 0 amide bonds. The van der Waals surface area contributed by atoms with Crippen LogP contribution in [0.1, 0.15) is 12.8 Å². The summed E-state index contributed by atoms with van der Waals surface area (Å²) >= 11 is 1.38. The number of hydrogen-bond acceptors (Lipinski definition) is 4. The van der Waals surface area contributed by atoms with Gasteiger partial charge in [0.05, 0.1) is 11.8 Å². The largest absolute Gasteiger partial charge is 0.376 e. The quantitative estimate of drug-likeness (QED) is 0.934. The summed E-state index contributed by atoms with van der Waals surface area (Å²) in [6.07, 6.45) is 2.35. The highest BCUT2D eigenvalue weighted by atomic mass is 32.1. The van der Waals surface area contributed by atoms with Gasteiger partial charge in [0.1, 0.15) is 11.6 Å². The number of benzene rings is 1. The predicted molar refractivity (Wildman–Crippen MR) is 74.9 cm³/mol. The van der Waals surface area contributed by atoms with Gasteiger partial charge in [0.15, 0.2) is 5.13 Å². The van der Waals surface area contributed by atoms with Crippen LogP contribution in [0.4, 0.5) is 13.9 Å². The molecule has 1 aromatic carbocycles. The molecule has 0 saturated carbocycles. The van der Waals surface area contributed by atoms with Crippen molar-refractivity contribution in [3.8, 4) is 11.3 Å². The van der Waals surface area contributed by atoms with Gasteiger partial charge in [-0.25, -0.2) is 13.8 Å². The first-order valence-electron chi connectivity index (χ1n) is 6.49. The summed E-state index contributed by atoms with van der Waals surface area (Å²) < 4.78 is 32.3. The van der Waals surface area contributed by atoms with Gasteiger partial charge >= 0.3 is 0 Å². The molecule has 20 heavy (non-hydrogen) atoms. The van der Waals surface area contributed by atoms with Crippen molar-refractivity contribution in [3.05, 3.63) is 35.2 Å². The van der Waals surface area contributed by atoms with E-state index in [-0.39, 0.29) is 11.7 Å². The van der Waals surface area contributed by atoms with E-state index in [1.807, 2.05) is 0 Å². The Morgan fingerprint density at radius 2 is 2.30 bits per heavy atom. The molecule has 1 atom stereocenters. The fourth-order valence-corrected chi connectivity index (χ4v) is 2.90. The summed E-state index contributed by atoms with van der Waals surface area (Å²) in [5.74, 6) is -0.939. The van der Waals surface area contributed by atoms with Crippen molar-refractivity contribution in [3.63, 3.8) is 0 Å². The summed E-state index contributed by atoms with van der Waals surface area (Å²) in [5.41, 5.74) is 0.633. The van der Waals surface area contributed by atoms with E-state index in [0.717, 1.165) is 37.6 Å². The highest BCUT2D eigenvalue weighted by Gasteiger charge is 2.16. The number of hydrogen-bond donors (Lipinski definition) is 1. The van der Waals surface area contributed by atoms with Crippen LogP contribution in [-0.4, -0.2) is 24.2 Å². The molecule has 3 nitrogen and oxygen atoms in total. The summed E-state index contributed by atoms with van der Waals surface area (Å²) in [4.78, 5) is 4.29. The van der Waals surface area contributed by atoms with Crippen molar-refractivity contribution in [2.75, 3.05) is 18.5 Å². The zero-order valence-corrected chi connectivity index (χ0v) is 11.6. The smallest absolute Gasteiger partial charge is 0.183 e. The average Bonchev–Trinajstić information content (AvgIpc) is 3.10. The lowest BCUT2D eigenvalue weighted by atomic mass is 10.1. The maximum Gasteiger partial charge on any atom is 0.183 e. The molecule has 0 bridgehead atoms. The summed E-state index contributed by atoms with van der Waals surface area (Å²) in [6, 6.07) is 3.37. The number of nitrogens with zero attached hydrogens (tertiary/aromatic N) is 1. The molecule has 0 unspecified atom stereocenters. The van der Waals surface area contributed by atoms with Crippen LogP contribution >= 0.6 is 11.3 Å². The van der Waals surface area contributed by atoms with E-state index in [0.29, 0.717) is 17.4 Å². The summed E-state index contributed by atoms with van der Waals surface area (Å²) in [7, 11) is 0. The molecule has 1 aliphatic rings. The Hall–Kier alpha value is -1.53. The minimum atomic E-state index is -0.470. The van der Waals surface area contributed by atoms with Crippen molar-refractivity contribution in [2.24, 2.45) is 0 Å². The van der Waals surface area contributed by atoms with E-state index in [2.05, 4.69) is 10.3 Å². The molecule has 1 aliphatic heterocycles. The van der Waals surface area contributed by atoms with Crippen LogP contribution in [0.3, 0.4) is 0 Å². The maximum atomic E-state index is 13.7. The lowest BCUT2D eigenvalue weighted by molar-refractivity contribution is 0.120. The molecule has 0 spiro atoms. The fraction of sp³-hybridized carbons (Fsp3) is 0.357. The number of ether oxygens (including phenoxy) is 1. The zero-order chi connectivity index (χ0) is 13.9. The number of halogens is 2. The predicted octanol–water partition coefficient (Wildman–Crippen LogP) is 3.68. The van der Waals surface area contributed by atoms with Gasteiger partial charge in [-0.15, -0.1) is 11.3 Å². The molecule has 2 aromatic rings. The van der Waals surface area contributed by atoms with Crippen molar-refractivity contribution >= 4 is 16.5 Å². The molecule has 1 N–H and O–H groups in total. The Morgan fingerprint density at radius 3 is 3.10 bits per heavy atom. The standard InChI is InChI=1S/C14H14F2N2OS/c15-9-3-4-12(16)11(6-9)13-8-20-14(18-13)17-7-10-2-1-5-19-10/h3-4,6,8,10H,1-2,5,7H2,(H,17,18)/t10-/m1/s1. The Labute approximate surface area is 119 Å². The monoisotopic (exact) mass is 296 g/mol. The summed E-state index contributed by atoms with van der Waals surface area (Å²) in [6.45, 7) is 1.50. The molecule has 6 heteroatoms. The van der Waals surface area contributed by atoms with E-state index in [1.165, 1.54) is 11.3 Å². The van der Waals surface area contributed by atoms with E-state index in [1.54, 1.807) is 5.38 Å². The van der Waals surface area contributed by atoms with Crippen LogP contribution in [-0.2, 0) is 4.74 Å². The third kappa shape index (κ3) is 2.96. The Kier molecular flexibility index (Phi) is 3.93. The fourth-order valence-electron chi connectivity index (χ4n) is 2.18. The van der Waals surface area contributed by atoms with E-state index < -0.39 is 11.6 Å². The second kappa shape index (κ2) is 5.85. The van der Waals surface area contributed by atoms with Crippen LogP contribution < -0.4 is 5.32 Å². The van der Waals surface area contributed by atoms with Gasteiger partial charge in [-0.2, -0.15) is 0 Å².